The summed E-state index contributed by atoms with van der Waals surface area (Å²) >= 11 is 0. The molecule has 1 aliphatic heterocycles. The summed E-state index contributed by atoms with van der Waals surface area (Å²) in [7, 11) is 0. The monoisotopic (exact) mass is 403 g/mol. The first kappa shape index (κ1) is 19.3. The molecule has 1 saturated carbocycles. The van der Waals surface area contributed by atoms with Crippen LogP contribution in [0.1, 0.15) is 42.4 Å². The average Bonchev–Trinajstić information content (AvgIpc) is 3.47. The van der Waals surface area contributed by atoms with E-state index < -0.39 is 0 Å². The zero-order valence-corrected chi connectivity index (χ0v) is 18.2. The number of aryl methyl sites for hydroxylation is 3. The van der Waals surface area contributed by atoms with Gasteiger partial charge in [0, 0.05) is 34.6 Å². The quantitative estimate of drug-likeness (QED) is 0.612. The van der Waals surface area contributed by atoms with Gasteiger partial charge in [-0.2, -0.15) is 0 Å². The Balaban J connectivity index is 1.63. The normalized spacial score (nSPS) is 18.7. The zero-order chi connectivity index (χ0) is 20.8. The van der Waals surface area contributed by atoms with Crippen LogP contribution in [0, 0.1) is 20.8 Å². The maximum absolute atomic E-state index is 6.04. The minimum absolute atomic E-state index is 0.159. The molecule has 5 nitrogen and oxygen atoms in total. The lowest BCUT2D eigenvalue weighted by Gasteiger charge is -2.14. The van der Waals surface area contributed by atoms with Crippen LogP contribution in [0.2, 0.25) is 0 Å². The van der Waals surface area contributed by atoms with Gasteiger partial charge in [-0.15, -0.1) is 0 Å². The van der Waals surface area contributed by atoms with Crippen molar-refractivity contribution in [2.75, 3.05) is 6.61 Å². The summed E-state index contributed by atoms with van der Waals surface area (Å²) in [4.78, 5) is 9.72. The molecule has 0 bridgehead atoms. The molecule has 30 heavy (non-hydrogen) atoms. The lowest BCUT2D eigenvalue weighted by Crippen LogP contribution is -2.15. The fraction of sp³-hybridized carbons (Fsp3) is 0.440. The van der Waals surface area contributed by atoms with Crippen molar-refractivity contribution in [3.63, 3.8) is 0 Å². The Morgan fingerprint density at radius 2 is 1.77 bits per heavy atom. The smallest absolute Gasteiger partial charge is 0.140 e. The number of imidazole rings is 1. The lowest BCUT2D eigenvalue weighted by molar-refractivity contribution is 0.0666. The van der Waals surface area contributed by atoms with Crippen molar-refractivity contribution in [1.29, 1.82) is 0 Å². The molecule has 0 spiro atoms. The maximum Gasteiger partial charge on any atom is 0.140 e. The highest BCUT2D eigenvalue weighted by atomic mass is 16.5. The predicted octanol–water partition coefficient (Wildman–Crippen LogP) is 5.04. The number of pyridine rings is 1. The molecule has 3 heterocycles. The molecule has 0 saturated heterocycles. The van der Waals surface area contributed by atoms with Crippen LogP contribution in [0.15, 0.2) is 30.3 Å². The van der Waals surface area contributed by atoms with Crippen molar-refractivity contribution in [3.05, 3.63) is 53.0 Å². The topological polar surface area (TPSA) is 49.2 Å². The first-order valence-electron chi connectivity index (χ1n) is 10.9. The Morgan fingerprint density at radius 1 is 1.00 bits per heavy atom. The highest BCUT2D eigenvalue weighted by Crippen LogP contribution is 2.35. The number of hydrogen-bond donors (Lipinski definition) is 0. The Bertz CT molecular complexity index is 1080. The van der Waals surface area contributed by atoms with Gasteiger partial charge in [-0.1, -0.05) is 0 Å². The molecule has 1 aromatic carbocycles. The third kappa shape index (κ3) is 3.74. The highest BCUT2D eigenvalue weighted by molar-refractivity contribution is 5.70. The van der Waals surface area contributed by atoms with E-state index >= 15 is 0 Å². The summed E-state index contributed by atoms with van der Waals surface area (Å²) in [6.45, 7) is 9.86. The second kappa shape index (κ2) is 7.55. The van der Waals surface area contributed by atoms with Gasteiger partial charge >= 0.3 is 0 Å². The third-order valence-electron chi connectivity index (χ3n) is 5.86. The number of benzene rings is 1. The fourth-order valence-corrected chi connectivity index (χ4v) is 4.31. The first-order chi connectivity index (χ1) is 14.5. The van der Waals surface area contributed by atoms with Gasteiger partial charge in [-0.25, -0.2) is 4.98 Å². The number of hydrogen-bond acceptors (Lipinski definition) is 4. The molecule has 1 atom stereocenters. The number of aromatic nitrogens is 3. The molecule has 1 fully saturated rings. The molecular formula is C25H29N3O2. The van der Waals surface area contributed by atoms with E-state index in [1.54, 1.807) is 0 Å². The third-order valence-corrected chi connectivity index (χ3v) is 5.86. The van der Waals surface area contributed by atoms with Gasteiger partial charge in [0.25, 0.3) is 0 Å². The molecule has 156 valence electrons. The Hall–Kier alpha value is -2.66. The van der Waals surface area contributed by atoms with Gasteiger partial charge in [0.1, 0.15) is 11.6 Å². The van der Waals surface area contributed by atoms with Crippen LogP contribution in [-0.4, -0.2) is 33.3 Å². The summed E-state index contributed by atoms with van der Waals surface area (Å²) in [6, 6.07) is 10.7. The summed E-state index contributed by atoms with van der Waals surface area (Å²) in [6.07, 6.45) is 3.75. The van der Waals surface area contributed by atoms with Crippen LogP contribution < -0.4 is 4.74 Å². The standard InChI is InChI=1S/C25H29N3O2/c1-15-11-19(5-8-23(15)30-21-6-7-21)25-27-24(20-12-16(2)26-17(3)13-20)22-9-10-29-18(4)14-28(22)25/h5,8,11-13,18,21H,6-7,9-10,14H2,1-4H3/t18-/m1/s1. The molecule has 0 amide bonds. The average molecular weight is 404 g/mol. The van der Waals surface area contributed by atoms with Crippen LogP contribution in [0.5, 0.6) is 5.75 Å². The first-order valence-corrected chi connectivity index (χ1v) is 10.9. The predicted molar refractivity (Wildman–Crippen MR) is 118 cm³/mol. The number of nitrogens with zero attached hydrogens (tertiary/aromatic N) is 3. The van der Waals surface area contributed by atoms with Crippen LogP contribution in [0.25, 0.3) is 22.6 Å². The van der Waals surface area contributed by atoms with E-state index in [1.807, 2.05) is 13.8 Å². The molecule has 0 unspecified atom stereocenters. The van der Waals surface area contributed by atoms with Gasteiger partial charge in [0.05, 0.1) is 31.1 Å². The number of ether oxygens (including phenoxy) is 2. The fourth-order valence-electron chi connectivity index (χ4n) is 4.31. The van der Waals surface area contributed by atoms with Crippen molar-refractivity contribution in [2.24, 2.45) is 0 Å². The minimum atomic E-state index is 0.159. The summed E-state index contributed by atoms with van der Waals surface area (Å²) < 4.78 is 14.4. The lowest BCUT2D eigenvalue weighted by atomic mass is 10.1. The van der Waals surface area contributed by atoms with Gasteiger partial charge < -0.3 is 14.0 Å². The van der Waals surface area contributed by atoms with Crippen LogP contribution in [0.3, 0.4) is 0 Å². The summed E-state index contributed by atoms with van der Waals surface area (Å²) in [5.41, 5.74) is 7.75. The van der Waals surface area contributed by atoms with Crippen molar-refractivity contribution in [2.45, 2.75) is 65.7 Å². The Labute approximate surface area is 178 Å². The minimum Gasteiger partial charge on any atom is -0.490 e. The van der Waals surface area contributed by atoms with Gasteiger partial charge in [0.2, 0.25) is 0 Å². The molecule has 1 aliphatic carbocycles. The zero-order valence-electron chi connectivity index (χ0n) is 18.2. The van der Waals surface area contributed by atoms with Crippen LogP contribution in [-0.2, 0) is 17.7 Å². The molecule has 2 aromatic heterocycles. The molecular weight excluding hydrogens is 374 g/mol. The van der Waals surface area contributed by atoms with Crippen LogP contribution >= 0.6 is 0 Å². The van der Waals surface area contributed by atoms with E-state index in [2.05, 4.69) is 53.7 Å². The maximum atomic E-state index is 6.04. The van der Waals surface area contributed by atoms with E-state index in [-0.39, 0.29) is 6.10 Å². The second-order valence-electron chi connectivity index (χ2n) is 8.71. The summed E-state index contributed by atoms with van der Waals surface area (Å²) in [5, 5.41) is 0. The highest BCUT2D eigenvalue weighted by Gasteiger charge is 2.26. The van der Waals surface area contributed by atoms with Crippen molar-refractivity contribution < 1.29 is 9.47 Å². The molecule has 5 rings (SSSR count). The molecule has 0 N–H and O–H groups in total. The van der Waals surface area contributed by atoms with Crippen molar-refractivity contribution in [3.8, 4) is 28.4 Å². The van der Waals surface area contributed by atoms with E-state index in [1.165, 1.54) is 18.5 Å². The van der Waals surface area contributed by atoms with E-state index in [4.69, 9.17) is 14.5 Å². The summed E-state index contributed by atoms with van der Waals surface area (Å²) in [5.74, 6) is 1.99. The van der Waals surface area contributed by atoms with Gasteiger partial charge in [0.15, 0.2) is 0 Å². The number of rotatable bonds is 4. The van der Waals surface area contributed by atoms with E-state index in [9.17, 15) is 0 Å². The molecule has 3 aromatic rings. The van der Waals surface area contributed by atoms with Crippen molar-refractivity contribution >= 4 is 0 Å². The SMILES string of the molecule is Cc1cc(-c2nc(-c3ccc(OC4CC4)c(C)c3)n3c2CCO[C@H](C)C3)cc(C)n1. The molecule has 0 radical (unpaired) electrons. The molecule has 2 aliphatic rings. The Kier molecular flexibility index (Phi) is 4.86. The van der Waals surface area contributed by atoms with Gasteiger partial charge in [-0.05, 0) is 76.4 Å². The second-order valence-corrected chi connectivity index (χ2v) is 8.71. The Morgan fingerprint density at radius 3 is 2.47 bits per heavy atom. The molecule has 5 heteroatoms. The van der Waals surface area contributed by atoms with E-state index in [0.717, 1.165) is 64.9 Å². The largest absolute Gasteiger partial charge is 0.490 e. The van der Waals surface area contributed by atoms with E-state index in [0.29, 0.717) is 6.10 Å². The van der Waals surface area contributed by atoms with Gasteiger partial charge in [-0.3, -0.25) is 4.98 Å². The number of fused-ring (bicyclic) bond motifs is 1. The van der Waals surface area contributed by atoms with Crippen molar-refractivity contribution in [1.82, 2.24) is 14.5 Å². The van der Waals surface area contributed by atoms with Crippen LogP contribution in [0.4, 0.5) is 0 Å².